The van der Waals surface area contributed by atoms with E-state index >= 15 is 0 Å². The van der Waals surface area contributed by atoms with Gasteiger partial charge >= 0.3 is 0 Å². The SMILES string of the molecule is CCn1nc(C)c(CN2CCCC(C)(CO)C2)c1C. The second kappa shape index (κ2) is 5.63. The van der Waals surface area contributed by atoms with Gasteiger partial charge in [0.15, 0.2) is 0 Å². The number of aromatic nitrogens is 2. The lowest BCUT2D eigenvalue weighted by atomic mass is 9.82. The van der Waals surface area contributed by atoms with Crippen LogP contribution in [0.5, 0.6) is 0 Å². The summed E-state index contributed by atoms with van der Waals surface area (Å²) in [5.74, 6) is 0. The molecule has 1 N–H and O–H groups in total. The Kier molecular flexibility index (Phi) is 4.31. The van der Waals surface area contributed by atoms with Crippen LogP contribution in [0.15, 0.2) is 0 Å². The van der Waals surface area contributed by atoms with E-state index in [1.54, 1.807) is 0 Å². The highest BCUT2D eigenvalue weighted by Crippen LogP contribution is 2.30. The molecule has 1 aromatic heterocycles. The van der Waals surface area contributed by atoms with Crippen LogP contribution in [0.3, 0.4) is 0 Å². The molecule has 0 amide bonds. The van der Waals surface area contributed by atoms with Crippen molar-refractivity contribution >= 4 is 0 Å². The van der Waals surface area contributed by atoms with Crippen molar-refractivity contribution < 1.29 is 5.11 Å². The van der Waals surface area contributed by atoms with Crippen molar-refractivity contribution in [3.05, 3.63) is 17.0 Å². The zero-order chi connectivity index (χ0) is 14.0. The molecule has 2 heterocycles. The second-order valence-electron chi connectivity index (χ2n) is 6.25. The normalized spacial score (nSPS) is 24.9. The van der Waals surface area contributed by atoms with E-state index < -0.39 is 0 Å². The number of nitrogens with zero attached hydrogens (tertiary/aromatic N) is 3. The summed E-state index contributed by atoms with van der Waals surface area (Å²) in [7, 11) is 0. The highest BCUT2D eigenvalue weighted by atomic mass is 16.3. The monoisotopic (exact) mass is 265 g/mol. The Bertz CT molecular complexity index is 441. The minimum absolute atomic E-state index is 0.0702. The Morgan fingerprint density at radius 3 is 2.68 bits per heavy atom. The van der Waals surface area contributed by atoms with Crippen LogP contribution in [0.2, 0.25) is 0 Å². The Morgan fingerprint density at radius 1 is 1.37 bits per heavy atom. The first kappa shape index (κ1) is 14.5. The summed E-state index contributed by atoms with van der Waals surface area (Å²) in [6.07, 6.45) is 2.31. The molecule has 1 fully saturated rings. The molecule has 0 aliphatic carbocycles. The van der Waals surface area contributed by atoms with Gasteiger partial charge in [0.05, 0.1) is 5.69 Å². The number of hydrogen-bond donors (Lipinski definition) is 1. The van der Waals surface area contributed by atoms with Crippen molar-refractivity contribution in [2.24, 2.45) is 5.41 Å². The molecular formula is C15H27N3O. The van der Waals surface area contributed by atoms with Gasteiger partial charge in [-0.1, -0.05) is 6.92 Å². The van der Waals surface area contributed by atoms with Gasteiger partial charge < -0.3 is 5.11 Å². The Labute approximate surface area is 116 Å². The first-order chi connectivity index (χ1) is 8.99. The summed E-state index contributed by atoms with van der Waals surface area (Å²) in [6.45, 7) is 12.9. The quantitative estimate of drug-likeness (QED) is 0.906. The van der Waals surface area contributed by atoms with Crippen molar-refractivity contribution in [2.45, 2.75) is 53.6 Å². The van der Waals surface area contributed by atoms with Gasteiger partial charge in [-0.2, -0.15) is 5.10 Å². The predicted molar refractivity (Wildman–Crippen MR) is 77.1 cm³/mol. The number of hydrogen-bond acceptors (Lipinski definition) is 3. The second-order valence-corrected chi connectivity index (χ2v) is 6.25. The zero-order valence-electron chi connectivity index (χ0n) is 12.7. The molecule has 1 aliphatic heterocycles. The third-order valence-electron chi connectivity index (χ3n) is 4.45. The molecule has 0 spiro atoms. The average Bonchev–Trinajstić information content (AvgIpc) is 2.66. The molecule has 1 saturated heterocycles. The van der Waals surface area contributed by atoms with E-state index in [-0.39, 0.29) is 12.0 Å². The number of aryl methyl sites for hydroxylation is 2. The number of aliphatic hydroxyl groups excluding tert-OH is 1. The fraction of sp³-hybridized carbons (Fsp3) is 0.800. The van der Waals surface area contributed by atoms with Gasteiger partial charge in [0.25, 0.3) is 0 Å². The van der Waals surface area contributed by atoms with Crippen LogP contribution in [0.4, 0.5) is 0 Å². The maximum atomic E-state index is 9.54. The third kappa shape index (κ3) is 3.00. The zero-order valence-corrected chi connectivity index (χ0v) is 12.7. The van der Waals surface area contributed by atoms with Gasteiger partial charge in [0, 0.05) is 42.9 Å². The minimum Gasteiger partial charge on any atom is -0.396 e. The number of piperidine rings is 1. The molecule has 108 valence electrons. The molecule has 4 heteroatoms. The Morgan fingerprint density at radius 2 is 2.11 bits per heavy atom. The minimum atomic E-state index is 0.0702. The van der Waals surface area contributed by atoms with Crippen molar-refractivity contribution in [3.8, 4) is 0 Å². The van der Waals surface area contributed by atoms with E-state index in [2.05, 4.69) is 42.4 Å². The first-order valence-corrected chi connectivity index (χ1v) is 7.35. The molecule has 0 radical (unpaired) electrons. The van der Waals surface area contributed by atoms with Crippen LogP contribution in [-0.2, 0) is 13.1 Å². The van der Waals surface area contributed by atoms with Crippen molar-refractivity contribution in [2.75, 3.05) is 19.7 Å². The van der Waals surface area contributed by atoms with Crippen LogP contribution < -0.4 is 0 Å². The van der Waals surface area contributed by atoms with E-state index in [4.69, 9.17) is 0 Å². The lowest BCUT2D eigenvalue weighted by Crippen LogP contribution is -2.43. The number of rotatable bonds is 4. The van der Waals surface area contributed by atoms with E-state index in [1.165, 1.54) is 17.7 Å². The lowest BCUT2D eigenvalue weighted by Gasteiger charge is -2.39. The maximum Gasteiger partial charge on any atom is 0.0641 e. The van der Waals surface area contributed by atoms with Gasteiger partial charge in [0.2, 0.25) is 0 Å². The smallest absolute Gasteiger partial charge is 0.0641 e. The van der Waals surface area contributed by atoms with Crippen molar-refractivity contribution in [1.29, 1.82) is 0 Å². The number of aliphatic hydroxyl groups is 1. The molecule has 0 bridgehead atoms. The van der Waals surface area contributed by atoms with E-state index in [1.807, 2.05) is 0 Å². The van der Waals surface area contributed by atoms with Gasteiger partial charge in [0.1, 0.15) is 0 Å². The summed E-state index contributed by atoms with van der Waals surface area (Å²) in [4.78, 5) is 2.47. The summed E-state index contributed by atoms with van der Waals surface area (Å²) >= 11 is 0. The van der Waals surface area contributed by atoms with Gasteiger partial charge in [-0.3, -0.25) is 9.58 Å². The van der Waals surface area contributed by atoms with Crippen LogP contribution >= 0.6 is 0 Å². The van der Waals surface area contributed by atoms with Crippen LogP contribution in [0.25, 0.3) is 0 Å². The molecule has 1 atom stereocenters. The van der Waals surface area contributed by atoms with Gasteiger partial charge in [-0.15, -0.1) is 0 Å². The highest BCUT2D eigenvalue weighted by Gasteiger charge is 2.30. The molecule has 4 nitrogen and oxygen atoms in total. The van der Waals surface area contributed by atoms with E-state index in [9.17, 15) is 5.11 Å². The van der Waals surface area contributed by atoms with Crippen molar-refractivity contribution in [1.82, 2.24) is 14.7 Å². The summed E-state index contributed by atoms with van der Waals surface area (Å²) in [5.41, 5.74) is 3.87. The largest absolute Gasteiger partial charge is 0.396 e. The van der Waals surface area contributed by atoms with Crippen LogP contribution in [0, 0.1) is 19.3 Å². The van der Waals surface area contributed by atoms with Gasteiger partial charge in [-0.25, -0.2) is 0 Å². The Balaban J connectivity index is 2.11. The highest BCUT2D eigenvalue weighted by molar-refractivity contribution is 5.24. The fourth-order valence-electron chi connectivity index (χ4n) is 3.19. The molecule has 19 heavy (non-hydrogen) atoms. The molecule has 0 aromatic carbocycles. The standard InChI is InChI=1S/C15H27N3O/c1-5-18-13(3)14(12(2)16-18)9-17-8-6-7-15(4,10-17)11-19/h19H,5-11H2,1-4H3. The van der Waals surface area contributed by atoms with Crippen LogP contribution in [0.1, 0.15) is 43.6 Å². The molecule has 1 aliphatic rings. The molecule has 0 saturated carbocycles. The van der Waals surface area contributed by atoms with E-state index in [0.717, 1.165) is 38.3 Å². The summed E-state index contributed by atoms with van der Waals surface area (Å²) < 4.78 is 2.08. The van der Waals surface area contributed by atoms with Crippen molar-refractivity contribution in [3.63, 3.8) is 0 Å². The van der Waals surface area contributed by atoms with Gasteiger partial charge in [-0.05, 0) is 40.2 Å². The Hall–Kier alpha value is -0.870. The topological polar surface area (TPSA) is 41.3 Å². The summed E-state index contributed by atoms with van der Waals surface area (Å²) in [6, 6.07) is 0. The predicted octanol–water partition coefficient (Wildman–Crippen LogP) is 2.11. The summed E-state index contributed by atoms with van der Waals surface area (Å²) in [5, 5.41) is 14.1. The van der Waals surface area contributed by atoms with Crippen LogP contribution in [-0.4, -0.2) is 39.5 Å². The number of likely N-dealkylation sites (tertiary alicyclic amines) is 1. The fourth-order valence-corrected chi connectivity index (χ4v) is 3.19. The third-order valence-corrected chi connectivity index (χ3v) is 4.45. The lowest BCUT2D eigenvalue weighted by molar-refractivity contribution is 0.0427. The maximum absolute atomic E-state index is 9.54. The average molecular weight is 265 g/mol. The molecule has 1 aromatic rings. The molecule has 1 unspecified atom stereocenters. The first-order valence-electron chi connectivity index (χ1n) is 7.35. The molecular weight excluding hydrogens is 238 g/mol. The van der Waals surface area contributed by atoms with E-state index in [0.29, 0.717) is 0 Å². The molecule has 2 rings (SSSR count).